The van der Waals surface area contributed by atoms with E-state index < -0.39 is 0 Å². The summed E-state index contributed by atoms with van der Waals surface area (Å²) in [7, 11) is 0. The minimum absolute atomic E-state index is 0.0209. The zero-order valence-corrected chi connectivity index (χ0v) is 22.9. The Bertz CT molecular complexity index is 964. The lowest BCUT2D eigenvalue weighted by Crippen LogP contribution is -2.47. The van der Waals surface area contributed by atoms with Crippen molar-refractivity contribution in [3.05, 3.63) is 54.1 Å². The molecular formula is C30H42N4O2S. The number of hydrogen-bond donors (Lipinski definition) is 1. The van der Waals surface area contributed by atoms with Crippen LogP contribution in [0.2, 0.25) is 0 Å². The first-order valence-corrected chi connectivity index (χ1v) is 15.0. The zero-order valence-electron chi connectivity index (χ0n) is 22.1. The standard InChI is InChI=1S/C30H42N4O2S/c35-30(31-15-4-16-32-19-13-28(14-20-32)33-17-2-1-3-18-33)27-7-5-25(6-8-27)26-9-11-29(12-10-26)37-34-21-23-36-24-22-34/h5-12,28H,1-4,13-24H2,(H,31,35). The molecule has 0 atom stereocenters. The van der Waals surface area contributed by atoms with E-state index in [1.807, 2.05) is 24.3 Å². The van der Waals surface area contributed by atoms with Gasteiger partial charge in [0.2, 0.25) is 0 Å². The van der Waals surface area contributed by atoms with Crippen molar-refractivity contribution in [3.8, 4) is 11.1 Å². The highest BCUT2D eigenvalue weighted by Gasteiger charge is 2.25. The first-order valence-electron chi connectivity index (χ1n) is 14.2. The minimum atomic E-state index is 0.0209. The first kappa shape index (κ1) is 26.7. The van der Waals surface area contributed by atoms with Crippen LogP contribution >= 0.6 is 11.9 Å². The second-order valence-electron chi connectivity index (χ2n) is 10.5. The van der Waals surface area contributed by atoms with E-state index in [1.165, 1.54) is 68.7 Å². The van der Waals surface area contributed by atoms with Crippen molar-refractivity contribution in [2.45, 2.75) is 49.5 Å². The highest BCUT2D eigenvalue weighted by Crippen LogP contribution is 2.27. The summed E-state index contributed by atoms with van der Waals surface area (Å²) in [5.74, 6) is 0.0209. The lowest BCUT2D eigenvalue weighted by molar-refractivity contribution is 0.0773. The first-order chi connectivity index (χ1) is 18.2. The van der Waals surface area contributed by atoms with E-state index in [-0.39, 0.29) is 5.91 Å². The molecule has 2 aromatic carbocycles. The predicted octanol–water partition coefficient (Wildman–Crippen LogP) is 4.76. The van der Waals surface area contributed by atoms with Gasteiger partial charge in [0.05, 0.1) is 13.2 Å². The van der Waals surface area contributed by atoms with Gasteiger partial charge in [0.1, 0.15) is 0 Å². The number of carbonyl (C=O) groups is 1. The number of benzene rings is 2. The summed E-state index contributed by atoms with van der Waals surface area (Å²) >= 11 is 1.79. The average molecular weight is 523 g/mol. The molecule has 7 heteroatoms. The molecule has 0 bridgehead atoms. The van der Waals surface area contributed by atoms with Crippen LogP contribution in [-0.4, -0.2) is 91.6 Å². The van der Waals surface area contributed by atoms with E-state index in [0.29, 0.717) is 0 Å². The van der Waals surface area contributed by atoms with Crippen molar-refractivity contribution >= 4 is 17.9 Å². The van der Waals surface area contributed by atoms with Gasteiger partial charge in [-0.15, -0.1) is 0 Å². The van der Waals surface area contributed by atoms with E-state index >= 15 is 0 Å². The molecule has 3 saturated heterocycles. The van der Waals surface area contributed by atoms with Crippen LogP contribution in [0.15, 0.2) is 53.4 Å². The Morgan fingerprint density at radius 1 is 0.838 bits per heavy atom. The minimum Gasteiger partial charge on any atom is -0.379 e. The molecule has 0 saturated carbocycles. The fourth-order valence-corrected chi connectivity index (χ4v) is 6.60. The molecule has 3 heterocycles. The van der Waals surface area contributed by atoms with Gasteiger partial charge < -0.3 is 19.9 Å². The van der Waals surface area contributed by atoms with Crippen LogP contribution in [0.5, 0.6) is 0 Å². The third kappa shape index (κ3) is 7.80. The second kappa shape index (κ2) is 13.8. The molecule has 6 nitrogen and oxygen atoms in total. The lowest BCUT2D eigenvalue weighted by atomic mass is 10.00. The van der Waals surface area contributed by atoms with Gasteiger partial charge in [-0.1, -0.05) is 30.7 Å². The molecule has 3 aliphatic heterocycles. The Kier molecular flexibility index (Phi) is 9.93. The van der Waals surface area contributed by atoms with E-state index in [9.17, 15) is 4.79 Å². The molecule has 0 spiro atoms. The number of piperidine rings is 2. The molecular weight excluding hydrogens is 480 g/mol. The smallest absolute Gasteiger partial charge is 0.251 e. The number of carbonyl (C=O) groups excluding carboxylic acids is 1. The third-order valence-electron chi connectivity index (χ3n) is 7.94. The fourth-order valence-electron chi connectivity index (χ4n) is 5.71. The van der Waals surface area contributed by atoms with Crippen molar-refractivity contribution in [2.75, 3.05) is 65.6 Å². The van der Waals surface area contributed by atoms with Gasteiger partial charge in [0.25, 0.3) is 5.91 Å². The van der Waals surface area contributed by atoms with Gasteiger partial charge in [0.15, 0.2) is 0 Å². The number of nitrogens with one attached hydrogen (secondary N) is 1. The molecule has 2 aromatic rings. The number of likely N-dealkylation sites (tertiary alicyclic amines) is 2. The average Bonchev–Trinajstić information content (AvgIpc) is 2.97. The van der Waals surface area contributed by atoms with Gasteiger partial charge in [0, 0.05) is 36.1 Å². The molecule has 37 heavy (non-hydrogen) atoms. The van der Waals surface area contributed by atoms with E-state index in [0.717, 1.165) is 63.0 Å². The molecule has 200 valence electrons. The van der Waals surface area contributed by atoms with Gasteiger partial charge >= 0.3 is 0 Å². The number of hydrogen-bond acceptors (Lipinski definition) is 6. The molecule has 0 aliphatic carbocycles. The Balaban J connectivity index is 1.01. The van der Waals surface area contributed by atoms with Crippen molar-refractivity contribution in [1.29, 1.82) is 0 Å². The summed E-state index contributed by atoms with van der Waals surface area (Å²) in [6.07, 6.45) is 7.78. The molecule has 3 aliphatic rings. The Morgan fingerprint density at radius 3 is 2.16 bits per heavy atom. The highest BCUT2D eigenvalue weighted by atomic mass is 32.2. The number of rotatable bonds is 9. The van der Waals surface area contributed by atoms with Crippen molar-refractivity contribution in [1.82, 2.24) is 19.4 Å². The molecule has 5 rings (SSSR count). The summed E-state index contributed by atoms with van der Waals surface area (Å²) in [4.78, 5) is 19.2. The van der Waals surface area contributed by atoms with Crippen LogP contribution in [0.1, 0.15) is 48.9 Å². The molecule has 0 unspecified atom stereocenters. The van der Waals surface area contributed by atoms with Gasteiger partial charge in [-0.3, -0.25) is 4.79 Å². The largest absolute Gasteiger partial charge is 0.379 e. The lowest BCUT2D eigenvalue weighted by Gasteiger charge is -2.40. The Morgan fingerprint density at radius 2 is 1.49 bits per heavy atom. The highest BCUT2D eigenvalue weighted by molar-refractivity contribution is 7.97. The molecule has 1 N–H and O–H groups in total. The predicted molar refractivity (Wildman–Crippen MR) is 152 cm³/mol. The topological polar surface area (TPSA) is 48.1 Å². The maximum atomic E-state index is 12.6. The summed E-state index contributed by atoms with van der Waals surface area (Å²) in [5.41, 5.74) is 3.03. The van der Waals surface area contributed by atoms with E-state index in [4.69, 9.17) is 4.74 Å². The number of ether oxygens (including phenoxy) is 1. The SMILES string of the molecule is O=C(NCCCN1CCC(N2CCCCC2)CC1)c1ccc(-c2ccc(SN3CCOCC3)cc2)cc1. The van der Waals surface area contributed by atoms with Gasteiger partial charge in [-0.05, 0) is 112 Å². The summed E-state index contributed by atoms with van der Waals surface area (Å²) < 4.78 is 7.78. The molecule has 1 amide bonds. The monoisotopic (exact) mass is 522 g/mol. The van der Waals surface area contributed by atoms with Crippen LogP contribution in [0.3, 0.4) is 0 Å². The van der Waals surface area contributed by atoms with Crippen LogP contribution < -0.4 is 5.32 Å². The van der Waals surface area contributed by atoms with Crippen LogP contribution in [0.4, 0.5) is 0 Å². The van der Waals surface area contributed by atoms with Gasteiger partial charge in [-0.25, -0.2) is 4.31 Å². The third-order valence-corrected chi connectivity index (χ3v) is 9.05. The molecule has 0 aromatic heterocycles. The maximum Gasteiger partial charge on any atom is 0.251 e. The van der Waals surface area contributed by atoms with Crippen LogP contribution in [0.25, 0.3) is 11.1 Å². The zero-order chi connectivity index (χ0) is 25.3. The van der Waals surface area contributed by atoms with E-state index in [2.05, 4.69) is 43.7 Å². The number of nitrogens with zero attached hydrogens (tertiary/aromatic N) is 3. The van der Waals surface area contributed by atoms with E-state index in [1.54, 1.807) is 11.9 Å². The second-order valence-corrected chi connectivity index (χ2v) is 11.7. The van der Waals surface area contributed by atoms with Crippen LogP contribution in [-0.2, 0) is 4.74 Å². The van der Waals surface area contributed by atoms with Crippen molar-refractivity contribution in [3.63, 3.8) is 0 Å². The summed E-state index contributed by atoms with van der Waals surface area (Å²) in [6.45, 7) is 10.4. The number of amides is 1. The maximum absolute atomic E-state index is 12.6. The van der Waals surface area contributed by atoms with Crippen molar-refractivity contribution in [2.24, 2.45) is 0 Å². The Hall–Kier alpha value is -1.90. The normalized spacial score (nSPS) is 20.6. The fraction of sp³-hybridized carbons (Fsp3) is 0.567. The van der Waals surface area contributed by atoms with Gasteiger partial charge in [-0.2, -0.15) is 0 Å². The quantitative estimate of drug-likeness (QED) is 0.378. The number of morpholine rings is 1. The summed E-state index contributed by atoms with van der Waals surface area (Å²) in [5, 5.41) is 3.11. The molecule has 0 radical (unpaired) electrons. The Labute approximate surface area is 226 Å². The van der Waals surface area contributed by atoms with Crippen LogP contribution in [0, 0.1) is 0 Å². The molecule has 3 fully saturated rings. The summed E-state index contributed by atoms with van der Waals surface area (Å²) in [6, 6.07) is 17.4. The van der Waals surface area contributed by atoms with Crippen molar-refractivity contribution < 1.29 is 9.53 Å².